The largest absolute Gasteiger partial charge is 0.444 e. The summed E-state index contributed by atoms with van der Waals surface area (Å²) >= 11 is 0. The van der Waals surface area contributed by atoms with Crippen LogP contribution in [0.25, 0.3) is 0 Å². The van der Waals surface area contributed by atoms with Crippen LogP contribution >= 0.6 is 0 Å². The van der Waals surface area contributed by atoms with Crippen molar-refractivity contribution >= 4 is 12.0 Å². The fourth-order valence-corrected chi connectivity index (χ4v) is 3.07. The van der Waals surface area contributed by atoms with Gasteiger partial charge in [0.2, 0.25) is 0 Å². The molecule has 0 aliphatic carbocycles. The summed E-state index contributed by atoms with van der Waals surface area (Å²) in [6.45, 7) is 6.54. The van der Waals surface area contributed by atoms with Crippen molar-refractivity contribution in [3.8, 4) is 0 Å². The number of nitrogens with zero attached hydrogens (tertiary/aromatic N) is 3. The molecule has 1 N–H and O–H groups in total. The summed E-state index contributed by atoms with van der Waals surface area (Å²) in [5.74, 6) is 0.185. The van der Waals surface area contributed by atoms with Crippen LogP contribution in [0, 0.1) is 5.92 Å². The molecule has 0 saturated carbocycles. The van der Waals surface area contributed by atoms with Crippen molar-refractivity contribution in [1.29, 1.82) is 0 Å². The van der Waals surface area contributed by atoms with Crippen molar-refractivity contribution in [1.82, 2.24) is 20.0 Å². The molecule has 0 radical (unpaired) electrons. The fourth-order valence-electron chi connectivity index (χ4n) is 3.07. The third-order valence-electron chi connectivity index (χ3n) is 4.22. The van der Waals surface area contributed by atoms with Crippen LogP contribution in [-0.2, 0) is 9.47 Å². The number of amides is 2. The maximum Gasteiger partial charge on any atom is 0.407 e. The van der Waals surface area contributed by atoms with Gasteiger partial charge >= 0.3 is 6.09 Å². The van der Waals surface area contributed by atoms with Crippen LogP contribution in [0.15, 0.2) is 6.07 Å². The lowest BCUT2D eigenvalue weighted by Gasteiger charge is -2.34. The second kappa shape index (κ2) is 5.77. The predicted molar refractivity (Wildman–Crippen MR) is 85.7 cm³/mol. The van der Waals surface area contributed by atoms with Crippen molar-refractivity contribution in [2.45, 2.75) is 38.5 Å². The smallest absolute Gasteiger partial charge is 0.407 e. The van der Waals surface area contributed by atoms with Gasteiger partial charge in [0, 0.05) is 38.2 Å². The van der Waals surface area contributed by atoms with Gasteiger partial charge in [-0.3, -0.25) is 4.79 Å². The summed E-state index contributed by atoms with van der Waals surface area (Å²) in [6, 6.07) is 1.80. The van der Waals surface area contributed by atoms with E-state index >= 15 is 0 Å². The number of carbonyl (C=O) groups excluding carboxylic acids is 2. The highest BCUT2D eigenvalue weighted by atomic mass is 16.6. The van der Waals surface area contributed by atoms with Crippen molar-refractivity contribution in [3.63, 3.8) is 0 Å². The third-order valence-corrected chi connectivity index (χ3v) is 4.22. The van der Waals surface area contributed by atoms with E-state index in [0.29, 0.717) is 18.8 Å². The van der Waals surface area contributed by atoms with Crippen LogP contribution in [0.4, 0.5) is 4.79 Å². The Morgan fingerprint density at radius 1 is 1.46 bits per heavy atom. The molecule has 1 aromatic rings. The highest BCUT2D eigenvalue weighted by molar-refractivity contribution is 5.92. The molecule has 3 heterocycles. The minimum Gasteiger partial charge on any atom is -0.444 e. The van der Waals surface area contributed by atoms with E-state index in [1.807, 2.05) is 20.8 Å². The first-order valence-corrected chi connectivity index (χ1v) is 8.07. The van der Waals surface area contributed by atoms with Gasteiger partial charge in [-0.15, -0.1) is 0 Å². The van der Waals surface area contributed by atoms with Gasteiger partial charge in [-0.05, 0) is 26.8 Å². The van der Waals surface area contributed by atoms with Gasteiger partial charge in [-0.2, -0.15) is 5.10 Å². The van der Waals surface area contributed by atoms with Crippen LogP contribution in [0.2, 0.25) is 0 Å². The van der Waals surface area contributed by atoms with Crippen molar-refractivity contribution in [3.05, 3.63) is 17.5 Å². The molecule has 1 aromatic heterocycles. The first-order valence-electron chi connectivity index (χ1n) is 8.07. The number of fused-ring (bicyclic) bond motifs is 3. The van der Waals surface area contributed by atoms with Crippen LogP contribution in [0.1, 0.15) is 49.1 Å². The Kier molecular flexibility index (Phi) is 4.03. The van der Waals surface area contributed by atoms with Gasteiger partial charge in [0.25, 0.3) is 5.91 Å². The normalized spacial score (nSPS) is 24.6. The first kappa shape index (κ1) is 16.8. The zero-order valence-electron chi connectivity index (χ0n) is 14.7. The van der Waals surface area contributed by atoms with Gasteiger partial charge in [-0.1, -0.05) is 0 Å². The van der Waals surface area contributed by atoms with E-state index in [2.05, 4.69) is 10.4 Å². The zero-order valence-corrected chi connectivity index (χ0v) is 14.7. The average molecular weight is 336 g/mol. The number of hydrogen-bond acceptors (Lipinski definition) is 5. The zero-order chi connectivity index (χ0) is 17.6. The lowest BCUT2D eigenvalue weighted by Crippen LogP contribution is -2.40. The Balaban J connectivity index is 1.72. The Bertz CT molecular complexity index is 662. The van der Waals surface area contributed by atoms with Crippen molar-refractivity contribution in [2.24, 2.45) is 5.92 Å². The Morgan fingerprint density at radius 2 is 2.17 bits per heavy atom. The Hall–Kier alpha value is -2.09. The number of ether oxygens (including phenoxy) is 2. The first-order chi connectivity index (χ1) is 11.2. The number of nitrogens with one attached hydrogen (secondary N) is 1. The number of aromatic nitrogens is 2. The van der Waals surface area contributed by atoms with E-state index in [9.17, 15) is 9.59 Å². The minimum absolute atomic E-state index is 0.0625. The highest BCUT2D eigenvalue weighted by Gasteiger charge is 2.49. The summed E-state index contributed by atoms with van der Waals surface area (Å²) in [5, 5.41) is 7.20. The fraction of sp³-hybridized carbons (Fsp3) is 0.688. The van der Waals surface area contributed by atoms with Gasteiger partial charge in [0.05, 0.1) is 6.61 Å². The lowest BCUT2D eigenvalue weighted by molar-refractivity contribution is -0.155. The predicted octanol–water partition coefficient (Wildman–Crippen LogP) is 1.35. The molecule has 24 heavy (non-hydrogen) atoms. The number of hydrogen-bond donors (Lipinski definition) is 1. The van der Waals surface area contributed by atoms with Gasteiger partial charge < -0.3 is 19.7 Å². The molecule has 0 aromatic carbocycles. The molecule has 3 atom stereocenters. The van der Waals surface area contributed by atoms with E-state index in [1.54, 1.807) is 24.8 Å². The second-order valence-electron chi connectivity index (χ2n) is 7.48. The molecule has 8 heteroatoms. The minimum atomic E-state index is -0.533. The summed E-state index contributed by atoms with van der Waals surface area (Å²) in [6.07, 6.45) is -0.587. The topological polar surface area (TPSA) is 85.7 Å². The molecular formula is C16H24N4O4. The molecule has 8 nitrogen and oxygen atoms in total. The van der Waals surface area contributed by atoms with E-state index in [4.69, 9.17) is 9.47 Å². The van der Waals surface area contributed by atoms with Gasteiger partial charge in [0.15, 0.2) is 11.9 Å². The van der Waals surface area contributed by atoms with Crippen LogP contribution in [0.3, 0.4) is 0 Å². The van der Waals surface area contributed by atoms with Crippen LogP contribution in [-0.4, -0.2) is 59.5 Å². The summed E-state index contributed by atoms with van der Waals surface area (Å²) in [4.78, 5) is 25.5. The van der Waals surface area contributed by atoms with Crippen molar-refractivity contribution < 1.29 is 19.1 Å². The number of carbonyl (C=O) groups is 2. The molecular weight excluding hydrogens is 312 g/mol. The summed E-state index contributed by atoms with van der Waals surface area (Å²) in [7, 11) is 3.38. The van der Waals surface area contributed by atoms with Crippen molar-refractivity contribution in [2.75, 3.05) is 27.2 Å². The molecule has 1 fully saturated rings. The van der Waals surface area contributed by atoms with Gasteiger partial charge in [-0.25, -0.2) is 9.48 Å². The molecule has 2 amide bonds. The lowest BCUT2D eigenvalue weighted by atomic mass is 9.89. The third kappa shape index (κ3) is 2.98. The maximum absolute atomic E-state index is 12.1. The Morgan fingerprint density at radius 3 is 2.71 bits per heavy atom. The molecule has 2 aliphatic heterocycles. The SMILES string of the molecule is CN(C)C(=O)c1cc2n(n1)C1OCC1C2CNC(=O)OC(C)(C)C. The standard InChI is InChI=1S/C16H24N4O4/c1-16(2,3)24-15(22)17-7-9-10-8-23-14(10)20-12(9)6-11(18-20)13(21)19(4)5/h6,9-10,14H,7-8H2,1-5H3,(H,17,22). The summed E-state index contributed by atoms with van der Waals surface area (Å²) < 4.78 is 12.6. The average Bonchev–Trinajstić information content (AvgIpc) is 2.89. The van der Waals surface area contributed by atoms with E-state index < -0.39 is 11.7 Å². The molecule has 0 bridgehead atoms. The monoisotopic (exact) mass is 336 g/mol. The molecule has 0 spiro atoms. The number of alkyl carbamates (subject to hydrolysis) is 1. The quantitative estimate of drug-likeness (QED) is 0.900. The van der Waals surface area contributed by atoms with E-state index in [1.165, 1.54) is 4.90 Å². The van der Waals surface area contributed by atoms with E-state index in [0.717, 1.165) is 5.69 Å². The molecule has 3 rings (SSSR count). The molecule has 132 valence electrons. The van der Waals surface area contributed by atoms with E-state index in [-0.39, 0.29) is 24.0 Å². The number of rotatable bonds is 3. The van der Waals surface area contributed by atoms with Crippen LogP contribution < -0.4 is 5.32 Å². The molecule has 3 unspecified atom stereocenters. The highest BCUT2D eigenvalue weighted by Crippen LogP contribution is 2.48. The Labute approximate surface area is 141 Å². The van der Waals surface area contributed by atoms with Gasteiger partial charge in [0.1, 0.15) is 5.60 Å². The second-order valence-corrected chi connectivity index (χ2v) is 7.48. The molecule has 2 aliphatic rings. The maximum atomic E-state index is 12.1. The summed E-state index contributed by atoms with van der Waals surface area (Å²) in [5.41, 5.74) is 0.782. The molecule has 1 saturated heterocycles. The van der Waals surface area contributed by atoms with Crippen LogP contribution in [0.5, 0.6) is 0 Å².